The van der Waals surface area contributed by atoms with Gasteiger partial charge in [-0.05, 0) is 19.0 Å². The molecule has 1 amide bonds. The summed E-state index contributed by atoms with van der Waals surface area (Å²) in [4.78, 5) is 15.9. The van der Waals surface area contributed by atoms with Crippen molar-refractivity contribution in [3.63, 3.8) is 0 Å². The maximum absolute atomic E-state index is 12.8. The van der Waals surface area contributed by atoms with Gasteiger partial charge in [0.05, 0.1) is 35.9 Å². The molecule has 0 aliphatic carbocycles. The van der Waals surface area contributed by atoms with Crippen LogP contribution in [0.4, 0.5) is 8.78 Å². The van der Waals surface area contributed by atoms with Crippen LogP contribution in [-0.4, -0.2) is 44.9 Å². The molecule has 0 aliphatic heterocycles. The fourth-order valence-corrected chi connectivity index (χ4v) is 1.72. The van der Waals surface area contributed by atoms with Gasteiger partial charge < -0.3 is 11.1 Å². The predicted octanol–water partition coefficient (Wildman–Crippen LogP) is 0.375. The third-order valence-corrected chi connectivity index (χ3v) is 2.77. The molecule has 0 saturated carbocycles. The molecule has 1 atom stereocenters. The Morgan fingerprint density at radius 2 is 2.24 bits per heavy atom. The Balaban J connectivity index is 2.14. The molecule has 0 bridgehead atoms. The van der Waals surface area contributed by atoms with E-state index in [1.54, 1.807) is 6.20 Å². The first-order valence-corrected chi connectivity index (χ1v) is 6.22. The van der Waals surface area contributed by atoms with Gasteiger partial charge in [0.1, 0.15) is 0 Å². The van der Waals surface area contributed by atoms with Gasteiger partial charge in [-0.2, -0.15) is 0 Å². The van der Waals surface area contributed by atoms with Crippen LogP contribution >= 0.6 is 0 Å². The van der Waals surface area contributed by atoms with Crippen molar-refractivity contribution in [1.82, 2.24) is 25.3 Å². The van der Waals surface area contributed by atoms with Crippen LogP contribution < -0.4 is 11.1 Å². The van der Waals surface area contributed by atoms with Crippen LogP contribution in [0.15, 0.2) is 30.9 Å². The third kappa shape index (κ3) is 3.78. The number of halogens is 2. The molecule has 0 spiro atoms. The quantitative estimate of drug-likeness (QED) is 0.802. The van der Waals surface area contributed by atoms with Gasteiger partial charge in [-0.25, -0.2) is 13.5 Å². The zero-order valence-electron chi connectivity index (χ0n) is 11.0. The number of rotatable bonds is 6. The Labute approximate surface area is 119 Å². The Bertz CT molecular complexity index is 589. The summed E-state index contributed by atoms with van der Waals surface area (Å²) in [6, 6.07) is 0.208. The molecule has 0 aromatic carbocycles. The fraction of sp³-hybridized carbons (Fsp3) is 0.333. The standard InChI is InChI=1S/C12H14F2N6O/c13-11(14)10(1-2-15)18-12(21)8-5-9(7-16-6-8)20-4-3-17-19-20/h3-7,10-11H,1-2,15H2,(H,18,21). The normalized spacial score (nSPS) is 12.4. The first-order valence-electron chi connectivity index (χ1n) is 6.22. The van der Waals surface area contributed by atoms with Crippen LogP contribution in [0.5, 0.6) is 0 Å². The summed E-state index contributed by atoms with van der Waals surface area (Å²) in [5.74, 6) is -0.636. The van der Waals surface area contributed by atoms with Crippen LogP contribution in [0.1, 0.15) is 16.8 Å². The topological polar surface area (TPSA) is 98.7 Å². The number of nitrogens with two attached hydrogens (primary N) is 1. The lowest BCUT2D eigenvalue weighted by Crippen LogP contribution is -2.41. The van der Waals surface area contributed by atoms with Crippen molar-refractivity contribution in [3.8, 4) is 5.69 Å². The monoisotopic (exact) mass is 296 g/mol. The van der Waals surface area contributed by atoms with Crippen LogP contribution in [0.25, 0.3) is 5.69 Å². The van der Waals surface area contributed by atoms with Crippen molar-refractivity contribution in [2.24, 2.45) is 5.73 Å². The number of alkyl halides is 2. The highest BCUT2D eigenvalue weighted by Gasteiger charge is 2.22. The molecule has 2 rings (SSSR count). The Morgan fingerprint density at radius 3 is 2.86 bits per heavy atom. The van der Waals surface area contributed by atoms with Gasteiger partial charge in [0.25, 0.3) is 12.3 Å². The van der Waals surface area contributed by atoms with Gasteiger partial charge in [0.15, 0.2) is 0 Å². The molecule has 0 fully saturated rings. The highest BCUT2D eigenvalue weighted by molar-refractivity contribution is 5.94. The minimum absolute atomic E-state index is 0.000395. The summed E-state index contributed by atoms with van der Waals surface area (Å²) >= 11 is 0. The molecule has 7 nitrogen and oxygen atoms in total. The van der Waals surface area contributed by atoms with Crippen LogP contribution in [0, 0.1) is 0 Å². The number of hydrogen-bond acceptors (Lipinski definition) is 5. The molecule has 2 heterocycles. The van der Waals surface area contributed by atoms with Gasteiger partial charge in [-0.1, -0.05) is 5.21 Å². The Hall–Kier alpha value is -2.42. The molecule has 0 aliphatic rings. The van der Waals surface area contributed by atoms with Crippen molar-refractivity contribution in [1.29, 1.82) is 0 Å². The summed E-state index contributed by atoms with van der Waals surface area (Å²) in [5.41, 5.74) is 5.92. The maximum Gasteiger partial charge on any atom is 0.258 e. The molecule has 0 radical (unpaired) electrons. The Morgan fingerprint density at radius 1 is 1.43 bits per heavy atom. The van der Waals surface area contributed by atoms with E-state index >= 15 is 0 Å². The summed E-state index contributed by atoms with van der Waals surface area (Å²) in [6.07, 6.45) is 3.15. The molecule has 2 aromatic heterocycles. The highest BCUT2D eigenvalue weighted by Crippen LogP contribution is 2.09. The van der Waals surface area contributed by atoms with Crippen LogP contribution in [0.2, 0.25) is 0 Å². The summed E-state index contributed by atoms with van der Waals surface area (Å²) < 4.78 is 26.9. The van der Waals surface area contributed by atoms with Gasteiger partial charge in [-0.3, -0.25) is 9.78 Å². The molecule has 1 unspecified atom stereocenters. The molecule has 21 heavy (non-hydrogen) atoms. The first-order chi connectivity index (χ1) is 10.1. The van der Waals surface area contributed by atoms with E-state index in [1.807, 2.05) is 0 Å². The number of nitrogens with zero attached hydrogens (tertiary/aromatic N) is 4. The zero-order valence-corrected chi connectivity index (χ0v) is 11.0. The van der Waals surface area contributed by atoms with E-state index in [-0.39, 0.29) is 18.5 Å². The highest BCUT2D eigenvalue weighted by atomic mass is 19.3. The van der Waals surface area contributed by atoms with Crippen molar-refractivity contribution in [2.45, 2.75) is 18.9 Å². The van der Waals surface area contributed by atoms with Crippen molar-refractivity contribution < 1.29 is 13.6 Å². The number of aromatic nitrogens is 4. The fourth-order valence-electron chi connectivity index (χ4n) is 1.72. The largest absolute Gasteiger partial charge is 0.343 e. The van der Waals surface area contributed by atoms with Crippen molar-refractivity contribution >= 4 is 5.91 Å². The molecule has 3 N–H and O–H groups in total. The lowest BCUT2D eigenvalue weighted by molar-refractivity contribution is 0.0731. The maximum atomic E-state index is 12.8. The van der Waals surface area contributed by atoms with E-state index < -0.39 is 18.4 Å². The van der Waals surface area contributed by atoms with Crippen LogP contribution in [0.3, 0.4) is 0 Å². The summed E-state index contributed by atoms with van der Waals surface area (Å²) in [6.45, 7) is 0.0620. The number of pyridine rings is 1. The summed E-state index contributed by atoms with van der Waals surface area (Å²) in [7, 11) is 0. The number of nitrogens with one attached hydrogen (secondary N) is 1. The van der Waals surface area contributed by atoms with Gasteiger partial charge in [-0.15, -0.1) is 5.10 Å². The zero-order chi connectivity index (χ0) is 15.2. The van der Waals surface area contributed by atoms with Crippen LogP contribution in [-0.2, 0) is 0 Å². The average molecular weight is 296 g/mol. The second-order valence-corrected chi connectivity index (χ2v) is 4.27. The second kappa shape index (κ2) is 6.84. The van der Waals surface area contributed by atoms with Crippen molar-refractivity contribution in [2.75, 3.05) is 6.54 Å². The lowest BCUT2D eigenvalue weighted by atomic mass is 10.2. The number of carbonyl (C=O) groups is 1. The predicted molar refractivity (Wildman–Crippen MR) is 70.1 cm³/mol. The van der Waals surface area contributed by atoms with E-state index in [9.17, 15) is 13.6 Å². The molecular weight excluding hydrogens is 282 g/mol. The number of carbonyl (C=O) groups excluding carboxylic acids is 1. The first kappa shape index (κ1) is 15.0. The second-order valence-electron chi connectivity index (χ2n) is 4.27. The van der Waals surface area contributed by atoms with Gasteiger partial charge in [0.2, 0.25) is 0 Å². The molecule has 0 saturated heterocycles. The minimum Gasteiger partial charge on any atom is -0.343 e. The molecule has 9 heteroatoms. The van der Waals surface area contributed by atoms with E-state index in [2.05, 4.69) is 20.6 Å². The average Bonchev–Trinajstić information content (AvgIpc) is 3.01. The smallest absolute Gasteiger partial charge is 0.258 e. The molecule has 2 aromatic rings. The number of hydrogen-bond donors (Lipinski definition) is 2. The summed E-state index contributed by atoms with van der Waals surface area (Å²) in [5, 5.41) is 9.66. The van der Waals surface area contributed by atoms with Gasteiger partial charge in [0, 0.05) is 6.20 Å². The van der Waals surface area contributed by atoms with E-state index in [4.69, 9.17) is 5.73 Å². The van der Waals surface area contributed by atoms with Gasteiger partial charge >= 0.3 is 0 Å². The molecular formula is C12H14F2N6O. The lowest BCUT2D eigenvalue weighted by Gasteiger charge is -2.17. The van der Waals surface area contributed by atoms with E-state index in [0.717, 1.165) is 0 Å². The van der Waals surface area contributed by atoms with Crippen molar-refractivity contribution in [3.05, 3.63) is 36.4 Å². The van der Waals surface area contributed by atoms with E-state index in [0.29, 0.717) is 5.69 Å². The minimum atomic E-state index is -2.68. The third-order valence-electron chi connectivity index (χ3n) is 2.77. The molecule has 112 valence electrons. The van der Waals surface area contributed by atoms with E-state index in [1.165, 1.54) is 29.3 Å². The SMILES string of the molecule is NCCC(NC(=O)c1cncc(-n2ccnn2)c1)C(F)F. The number of amides is 1. The Kier molecular flexibility index (Phi) is 4.88.